The van der Waals surface area contributed by atoms with E-state index in [1.54, 1.807) is 0 Å². The zero-order valence-electron chi connectivity index (χ0n) is 12.7. The van der Waals surface area contributed by atoms with E-state index in [0.717, 1.165) is 31.3 Å². The summed E-state index contributed by atoms with van der Waals surface area (Å²) in [5.41, 5.74) is 6.00. The van der Waals surface area contributed by atoms with Crippen molar-refractivity contribution in [1.82, 2.24) is 0 Å². The quantitative estimate of drug-likeness (QED) is 0.708. The maximum atomic E-state index is 6.32. The van der Waals surface area contributed by atoms with Crippen LogP contribution in [0.5, 0.6) is 0 Å². The van der Waals surface area contributed by atoms with Gasteiger partial charge in [-0.3, -0.25) is 0 Å². The average Bonchev–Trinajstić information content (AvgIpc) is 2.39. The zero-order chi connectivity index (χ0) is 13.4. The second-order valence-electron chi connectivity index (χ2n) is 6.32. The topological polar surface area (TPSA) is 35.2 Å². The zero-order valence-corrected chi connectivity index (χ0v) is 12.7. The van der Waals surface area contributed by atoms with E-state index in [1.807, 2.05) is 0 Å². The molecule has 1 rings (SSSR count). The van der Waals surface area contributed by atoms with Crippen molar-refractivity contribution in [2.24, 2.45) is 17.6 Å². The summed E-state index contributed by atoms with van der Waals surface area (Å²) in [5.74, 6) is 1.50. The lowest BCUT2D eigenvalue weighted by molar-refractivity contribution is -0.0880. The minimum Gasteiger partial charge on any atom is -0.373 e. The molecular weight excluding hydrogens is 222 g/mol. The molecule has 1 aliphatic rings. The van der Waals surface area contributed by atoms with E-state index in [9.17, 15) is 0 Å². The van der Waals surface area contributed by atoms with E-state index in [-0.39, 0.29) is 5.60 Å². The van der Waals surface area contributed by atoms with Gasteiger partial charge in [0, 0.05) is 6.54 Å². The Bertz CT molecular complexity index is 219. The van der Waals surface area contributed by atoms with Crippen LogP contribution in [0.4, 0.5) is 0 Å². The van der Waals surface area contributed by atoms with Crippen LogP contribution < -0.4 is 5.73 Å². The van der Waals surface area contributed by atoms with Crippen LogP contribution in [-0.2, 0) is 4.74 Å². The fraction of sp³-hybridized carbons (Fsp3) is 1.00. The standard InChI is InChI=1S/C16H33NO/c1-4-6-9-15(5-2)12-18-16(13-17)10-7-8-14(3)11-16/h14-15H,4-13,17H2,1-3H3. The molecule has 18 heavy (non-hydrogen) atoms. The van der Waals surface area contributed by atoms with Gasteiger partial charge in [-0.25, -0.2) is 0 Å². The second-order valence-corrected chi connectivity index (χ2v) is 6.32. The fourth-order valence-corrected chi connectivity index (χ4v) is 3.18. The number of ether oxygens (including phenoxy) is 1. The Kier molecular flexibility index (Phi) is 7.25. The smallest absolute Gasteiger partial charge is 0.0806 e. The summed E-state index contributed by atoms with van der Waals surface area (Å²) in [5, 5.41) is 0. The normalized spacial score (nSPS) is 30.3. The van der Waals surface area contributed by atoms with Crippen LogP contribution in [0.15, 0.2) is 0 Å². The van der Waals surface area contributed by atoms with Crippen LogP contribution in [0, 0.1) is 11.8 Å². The highest BCUT2D eigenvalue weighted by Gasteiger charge is 2.34. The maximum absolute atomic E-state index is 6.32. The number of unbranched alkanes of at least 4 members (excludes halogenated alkanes) is 1. The Balaban J connectivity index is 2.41. The molecule has 2 heteroatoms. The minimum absolute atomic E-state index is 0.00268. The van der Waals surface area contributed by atoms with Gasteiger partial charge in [0.2, 0.25) is 0 Å². The predicted molar refractivity (Wildman–Crippen MR) is 78.7 cm³/mol. The third kappa shape index (κ3) is 4.89. The van der Waals surface area contributed by atoms with Crippen LogP contribution in [0.2, 0.25) is 0 Å². The highest BCUT2D eigenvalue weighted by atomic mass is 16.5. The van der Waals surface area contributed by atoms with Gasteiger partial charge < -0.3 is 10.5 Å². The molecule has 0 amide bonds. The van der Waals surface area contributed by atoms with Crippen molar-refractivity contribution in [3.05, 3.63) is 0 Å². The summed E-state index contributed by atoms with van der Waals surface area (Å²) >= 11 is 0. The summed E-state index contributed by atoms with van der Waals surface area (Å²) in [6, 6.07) is 0. The van der Waals surface area contributed by atoms with Gasteiger partial charge in [-0.1, -0.05) is 52.9 Å². The van der Waals surface area contributed by atoms with Crippen LogP contribution in [-0.4, -0.2) is 18.8 Å². The SMILES string of the molecule is CCCCC(CC)COC1(CN)CCCC(C)C1. The molecule has 2 nitrogen and oxygen atoms in total. The number of nitrogens with two attached hydrogens (primary N) is 1. The van der Waals surface area contributed by atoms with Gasteiger partial charge in [0.05, 0.1) is 12.2 Å². The minimum atomic E-state index is -0.00268. The molecule has 3 unspecified atom stereocenters. The van der Waals surface area contributed by atoms with Gasteiger partial charge in [-0.15, -0.1) is 0 Å². The van der Waals surface area contributed by atoms with Gasteiger partial charge in [0.1, 0.15) is 0 Å². The Hall–Kier alpha value is -0.0800. The van der Waals surface area contributed by atoms with E-state index in [1.165, 1.54) is 38.5 Å². The first-order valence-electron chi connectivity index (χ1n) is 7.99. The van der Waals surface area contributed by atoms with Crippen molar-refractivity contribution >= 4 is 0 Å². The molecule has 1 aliphatic carbocycles. The van der Waals surface area contributed by atoms with Gasteiger partial charge in [0.25, 0.3) is 0 Å². The summed E-state index contributed by atoms with van der Waals surface area (Å²) in [4.78, 5) is 0. The largest absolute Gasteiger partial charge is 0.373 e. The van der Waals surface area contributed by atoms with E-state index < -0.39 is 0 Å². The Morgan fingerprint density at radius 3 is 2.72 bits per heavy atom. The van der Waals surface area contributed by atoms with E-state index in [0.29, 0.717) is 6.54 Å². The molecule has 0 radical (unpaired) electrons. The molecule has 0 heterocycles. The first kappa shape index (κ1) is 16.0. The molecule has 3 atom stereocenters. The molecule has 108 valence electrons. The monoisotopic (exact) mass is 255 g/mol. The summed E-state index contributed by atoms with van der Waals surface area (Å²) < 4.78 is 6.32. The molecule has 2 N–H and O–H groups in total. The van der Waals surface area contributed by atoms with Crippen LogP contribution >= 0.6 is 0 Å². The van der Waals surface area contributed by atoms with E-state index in [2.05, 4.69) is 20.8 Å². The number of hydrogen-bond acceptors (Lipinski definition) is 2. The Morgan fingerprint density at radius 1 is 1.39 bits per heavy atom. The van der Waals surface area contributed by atoms with Crippen molar-refractivity contribution in [1.29, 1.82) is 0 Å². The number of hydrogen-bond donors (Lipinski definition) is 1. The molecule has 0 bridgehead atoms. The fourth-order valence-electron chi connectivity index (χ4n) is 3.18. The second kappa shape index (κ2) is 8.16. The lowest BCUT2D eigenvalue weighted by atomic mass is 9.78. The highest BCUT2D eigenvalue weighted by molar-refractivity contribution is 4.88. The van der Waals surface area contributed by atoms with Crippen LogP contribution in [0.3, 0.4) is 0 Å². The molecule has 0 aliphatic heterocycles. The van der Waals surface area contributed by atoms with E-state index in [4.69, 9.17) is 10.5 Å². The lowest BCUT2D eigenvalue weighted by Crippen LogP contribution is -2.45. The first-order chi connectivity index (χ1) is 8.65. The van der Waals surface area contributed by atoms with E-state index >= 15 is 0 Å². The van der Waals surface area contributed by atoms with Gasteiger partial charge >= 0.3 is 0 Å². The average molecular weight is 255 g/mol. The summed E-state index contributed by atoms with van der Waals surface area (Å²) in [7, 11) is 0. The van der Waals surface area contributed by atoms with Gasteiger partial charge in [0.15, 0.2) is 0 Å². The van der Waals surface area contributed by atoms with Crippen molar-refractivity contribution in [3.8, 4) is 0 Å². The van der Waals surface area contributed by atoms with Crippen molar-refractivity contribution in [3.63, 3.8) is 0 Å². The Morgan fingerprint density at radius 2 is 2.17 bits per heavy atom. The first-order valence-corrected chi connectivity index (χ1v) is 7.99. The van der Waals surface area contributed by atoms with Crippen molar-refractivity contribution in [2.45, 2.75) is 77.7 Å². The molecule has 1 fully saturated rings. The summed E-state index contributed by atoms with van der Waals surface area (Å²) in [6.45, 7) is 8.49. The molecule has 1 saturated carbocycles. The highest BCUT2D eigenvalue weighted by Crippen LogP contribution is 2.35. The third-order valence-electron chi connectivity index (χ3n) is 4.59. The van der Waals surface area contributed by atoms with Gasteiger partial charge in [-0.05, 0) is 31.1 Å². The van der Waals surface area contributed by atoms with Crippen molar-refractivity contribution < 1.29 is 4.74 Å². The van der Waals surface area contributed by atoms with Crippen molar-refractivity contribution in [2.75, 3.05) is 13.2 Å². The predicted octanol–water partition coefficient (Wildman–Crippen LogP) is 4.13. The molecule has 0 aromatic heterocycles. The van der Waals surface area contributed by atoms with Crippen LogP contribution in [0.25, 0.3) is 0 Å². The Labute approximate surface area is 114 Å². The lowest BCUT2D eigenvalue weighted by Gasteiger charge is -2.40. The molecule has 0 aromatic rings. The molecule has 0 spiro atoms. The summed E-state index contributed by atoms with van der Waals surface area (Å²) in [6.07, 6.45) is 10.1. The molecule has 0 saturated heterocycles. The van der Waals surface area contributed by atoms with Gasteiger partial charge in [-0.2, -0.15) is 0 Å². The number of rotatable bonds is 8. The molecule has 0 aromatic carbocycles. The maximum Gasteiger partial charge on any atom is 0.0806 e. The third-order valence-corrected chi connectivity index (χ3v) is 4.59. The van der Waals surface area contributed by atoms with Crippen LogP contribution in [0.1, 0.15) is 72.1 Å². The molecular formula is C16H33NO.